The normalized spacial score (nSPS) is 27.4. The molecule has 0 aromatic heterocycles. The SMILES string of the molecule is CC(C)O[C@@H]1CCC[C@@H](OS(C)(=O)=O)[C@H]1O[Si](C)(C)C(C)(C)C. The van der Waals surface area contributed by atoms with Gasteiger partial charge in [0.25, 0.3) is 10.1 Å². The Morgan fingerprint density at radius 1 is 1.09 bits per heavy atom. The minimum atomic E-state index is -3.52. The minimum absolute atomic E-state index is 0.0441. The molecule has 0 unspecified atom stereocenters. The Labute approximate surface area is 143 Å². The van der Waals surface area contributed by atoms with Crippen molar-refractivity contribution in [3.8, 4) is 0 Å². The van der Waals surface area contributed by atoms with E-state index >= 15 is 0 Å². The van der Waals surface area contributed by atoms with E-state index in [1.807, 2.05) is 13.8 Å². The van der Waals surface area contributed by atoms with Crippen LogP contribution in [0, 0.1) is 0 Å². The largest absolute Gasteiger partial charge is 0.409 e. The fourth-order valence-electron chi connectivity index (χ4n) is 2.58. The molecule has 0 saturated heterocycles. The zero-order valence-corrected chi connectivity index (χ0v) is 17.7. The van der Waals surface area contributed by atoms with Crippen LogP contribution in [0.3, 0.4) is 0 Å². The molecule has 0 bridgehead atoms. The molecular weight excluding hydrogens is 332 g/mol. The Balaban J connectivity index is 3.05. The molecule has 3 atom stereocenters. The van der Waals surface area contributed by atoms with Gasteiger partial charge in [-0.3, -0.25) is 4.18 Å². The van der Waals surface area contributed by atoms with Gasteiger partial charge in [0.1, 0.15) is 6.10 Å². The lowest BCUT2D eigenvalue weighted by Gasteiger charge is -2.45. The van der Waals surface area contributed by atoms with Gasteiger partial charge >= 0.3 is 0 Å². The Hall–Kier alpha value is 0.0469. The van der Waals surface area contributed by atoms with Crippen LogP contribution < -0.4 is 0 Å². The smallest absolute Gasteiger partial charge is 0.264 e. The van der Waals surface area contributed by atoms with Crippen molar-refractivity contribution >= 4 is 18.4 Å². The Kier molecular flexibility index (Phi) is 6.89. The molecule has 0 amide bonds. The summed E-state index contributed by atoms with van der Waals surface area (Å²) in [6, 6.07) is 0. The predicted octanol–water partition coefficient (Wildman–Crippen LogP) is 3.70. The average molecular weight is 367 g/mol. The molecule has 0 N–H and O–H groups in total. The van der Waals surface area contributed by atoms with Gasteiger partial charge in [0.2, 0.25) is 0 Å². The molecule has 7 heteroatoms. The number of rotatable bonds is 6. The fourth-order valence-corrected chi connectivity index (χ4v) is 4.57. The van der Waals surface area contributed by atoms with Gasteiger partial charge in [-0.15, -0.1) is 0 Å². The zero-order valence-electron chi connectivity index (χ0n) is 15.9. The lowest BCUT2D eigenvalue weighted by atomic mass is 9.92. The van der Waals surface area contributed by atoms with E-state index in [-0.39, 0.29) is 23.4 Å². The van der Waals surface area contributed by atoms with E-state index in [1.54, 1.807) is 0 Å². The Morgan fingerprint density at radius 2 is 1.61 bits per heavy atom. The van der Waals surface area contributed by atoms with Crippen LogP contribution in [0.25, 0.3) is 0 Å². The molecule has 0 aromatic rings. The van der Waals surface area contributed by atoms with Gasteiger partial charge in [-0.1, -0.05) is 20.8 Å². The lowest BCUT2D eigenvalue weighted by molar-refractivity contribution is -0.114. The predicted molar refractivity (Wildman–Crippen MR) is 95.6 cm³/mol. The third kappa shape index (κ3) is 6.46. The summed E-state index contributed by atoms with van der Waals surface area (Å²) in [7, 11) is -5.58. The van der Waals surface area contributed by atoms with E-state index in [0.717, 1.165) is 19.1 Å². The van der Waals surface area contributed by atoms with E-state index in [0.29, 0.717) is 6.42 Å². The second-order valence-corrected chi connectivity index (χ2v) is 14.7. The third-order valence-corrected chi connectivity index (χ3v) is 9.76. The van der Waals surface area contributed by atoms with Crippen molar-refractivity contribution in [2.24, 2.45) is 0 Å². The molecular formula is C16H34O5SSi. The van der Waals surface area contributed by atoms with Crippen molar-refractivity contribution in [2.75, 3.05) is 6.26 Å². The van der Waals surface area contributed by atoms with E-state index < -0.39 is 24.5 Å². The summed E-state index contributed by atoms with van der Waals surface area (Å²) >= 11 is 0. The lowest BCUT2D eigenvalue weighted by Crippen LogP contribution is -2.54. The van der Waals surface area contributed by atoms with Crippen LogP contribution in [0.1, 0.15) is 53.9 Å². The van der Waals surface area contributed by atoms with Crippen LogP contribution in [-0.2, 0) is 23.5 Å². The van der Waals surface area contributed by atoms with Crippen LogP contribution in [0.4, 0.5) is 0 Å². The van der Waals surface area contributed by atoms with Crippen molar-refractivity contribution in [3.05, 3.63) is 0 Å². The van der Waals surface area contributed by atoms with Crippen molar-refractivity contribution in [3.63, 3.8) is 0 Å². The highest BCUT2D eigenvalue weighted by atomic mass is 32.2. The van der Waals surface area contributed by atoms with Crippen molar-refractivity contribution < 1.29 is 21.8 Å². The standard InChI is InChI=1S/C16H34O5SSi/c1-12(2)19-13-10-9-11-14(20-22(6,17)18)15(13)21-23(7,8)16(3,4)5/h12-15H,9-11H2,1-8H3/t13-,14-,15+/m1/s1. The maximum absolute atomic E-state index is 11.6. The van der Waals surface area contributed by atoms with Gasteiger partial charge in [-0.25, -0.2) is 0 Å². The average Bonchev–Trinajstić information content (AvgIpc) is 2.29. The Morgan fingerprint density at radius 3 is 2.04 bits per heavy atom. The molecule has 0 heterocycles. The summed E-state index contributed by atoms with van der Waals surface area (Å²) in [5.74, 6) is 0. The minimum Gasteiger partial charge on any atom is -0.409 e. The van der Waals surface area contributed by atoms with Gasteiger partial charge in [0.15, 0.2) is 8.32 Å². The molecule has 0 aromatic carbocycles. The first-order valence-electron chi connectivity index (χ1n) is 8.44. The summed E-state index contributed by atoms with van der Waals surface area (Å²) in [4.78, 5) is 0. The molecule has 1 aliphatic carbocycles. The van der Waals surface area contributed by atoms with Crippen molar-refractivity contribution in [1.82, 2.24) is 0 Å². The maximum atomic E-state index is 11.6. The highest BCUT2D eigenvalue weighted by Crippen LogP contribution is 2.40. The second kappa shape index (κ2) is 7.52. The van der Waals surface area contributed by atoms with Gasteiger partial charge in [0.05, 0.1) is 24.6 Å². The van der Waals surface area contributed by atoms with Crippen LogP contribution in [-0.4, -0.2) is 47.4 Å². The summed E-state index contributed by atoms with van der Waals surface area (Å²) in [6.45, 7) is 14.8. The van der Waals surface area contributed by atoms with Crippen LogP contribution in [0.5, 0.6) is 0 Å². The monoisotopic (exact) mass is 366 g/mol. The van der Waals surface area contributed by atoms with Gasteiger partial charge < -0.3 is 9.16 Å². The number of hydrogen-bond donors (Lipinski definition) is 0. The zero-order chi connectivity index (χ0) is 18.1. The molecule has 138 valence electrons. The highest BCUT2D eigenvalue weighted by molar-refractivity contribution is 7.86. The summed E-state index contributed by atoms with van der Waals surface area (Å²) in [5, 5.41) is 0.0441. The number of hydrogen-bond acceptors (Lipinski definition) is 5. The molecule has 23 heavy (non-hydrogen) atoms. The summed E-state index contributed by atoms with van der Waals surface area (Å²) in [5.41, 5.74) is 0. The Bertz CT molecular complexity index is 481. The number of ether oxygens (including phenoxy) is 1. The van der Waals surface area contributed by atoms with Crippen molar-refractivity contribution in [2.45, 2.75) is 96.4 Å². The molecule has 1 rings (SSSR count). The molecule has 1 fully saturated rings. The first kappa shape index (κ1) is 21.1. The summed E-state index contributed by atoms with van der Waals surface area (Å²) in [6.07, 6.45) is 2.70. The third-order valence-electron chi connectivity index (χ3n) is 4.69. The summed E-state index contributed by atoms with van der Waals surface area (Å²) < 4.78 is 41.2. The van der Waals surface area contributed by atoms with E-state index in [9.17, 15) is 8.42 Å². The highest BCUT2D eigenvalue weighted by Gasteiger charge is 2.45. The molecule has 1 saturated carbocycles. The molecule has 5 nitrogen and oxygen atoms in total. The molecule has 0 radical (unpaired) electrons. The second-order valence-electron chi connectivity index (χ2n) is 8.34. The molecule has 0 spiro atoms. The first-order valence-corrected chi connectivity index (χ1v) is 13.2. The molecule has 1 aliphatic rings. The maximum Gasteiger partial charge on any atom is 0.264 e. The van der Waals surface area contributed by atoms with Crippen LogP contribution in [0.2, 0.25) is 18.1 Å². The van der Waals surface area contributed by atoms with Gasteiger partial charge in [-0.05, 0) is 51.2 Å². The van der Waals surface area contributed by atoms with Crippen molar-refractivity contribution in [1.29, 1.82) is 0 Å². The van der Waals surface area contributed by atoms with E-state index in [4.69, 9.17) is 13.3 Å². The fraction of sp³-hybridized carbons (Fsp3) is 1.00. The molecule has 0 aliphatic heterocycles. The van der Waals surface area contributed by atoms with Crippen LogP contribution >= 0.6 is 0 Å². The van der Waals surface area contributed by atoms with Gasteiger partial charge in [0, 0.05) is 0 Å². The van der Waals surface area contributed by atoms with Crippen LogP contribution in [0.15, 0.2) is 0 Å². The topological polar surface area (TPSA) is 61.8 Å². The van der Waals surface area contributed by atoms with E-state index in [1.165, 1.54) is 0 Å². The quantitative estimate of drug-likeness (QED) is 0.530. The first-order chi connectivity index (χ1) is 10.2. The van der Waals surface area contributed by atoms with Gasteiger partial charge in [-0.2, -0.15) is 8.42 Å². The van der Waals surface area contributed by atoms with E-state index in [2.05, 4.69) is 33.9 Å².